The molecule has 0 aliphatic carbocycles. The molecule has 17 heavy (non-hydrogen) atoms. The minimum absolute atomic E-state index is 0.193. The largest absolute Gasteiger partial charge is 0.270 e. The van der Waals surface area contributed by atoms with Crippen LogP contribution in [0.1, 0.15) is 30.0 Å². The molecular formula is C11H16N6. The van der Waals surface area contributed by atoms with Crippen LogP contribution < -0.4 is 11.3 Å². The van der Waals surface area contributed by atoms with E-state index < -0.39 is 0 Å². The SMILES string of the molecule is CCc1cc(C(NN)c2cnccn2)n(C)n1. The van der Waals surface area contributed by atoms with Gasteiger partial charge in [-0.25, -0.2) is 5.43 Å². The molecule has 0 radical (unpaired) electrons. The molecule has 0 amide bonds. The second-order valence-corrected chi connectivity index (χ2v) is 3.77. The Hall–Kier alpha value is -1.79. The van der Waals surface area contributed by atoms with Crippen molar-refractivity contribution < 1.29 is 0 Å². The van der Waals surface area contributed by atoms with Crippen LogP contribution in [0.4, 0.5) is 0 Å². The molecule has 1 atom stereocenters. The van der Waals surface area contributed by atoms with E-state index >= 15 is 0 Å². The fourth-order valence-corrected chi connectivity index (χ4v) is 1.77. The monoisotopic (exact) mass is 232 g/mol. The van der Waals surface area contributed by atoms with Gasteiger partial charge in [0.1, 0.15) is 6.04 Å². The van der Waals surface area contributed by atoms with Crippen molar-refractivity contribution in [1.82, 2.24) is 25.2 Å². The molecule has 0 spiro atoms. The van der Waals surface area contributed by atoms with E-state index in [0.29, 0.717) is 0 Å². The van der Waals surface area contributed by atoms with E-state index in [9.17, 15) is 0 Å². The molecule has 0 aliphatic heterocycles. The Balaban J connectivity index is 2.38. The van der Waals surface area contributed by atoms with Gasteiger partial charge in [-0.3, -0.25) is 20.5 Å². The molecule has 6 nitrogen and oxygen atoms in total. The predicted molar refractivity (Wildman–Crippen MR) is 63.8 cm³/mol. The summed E-state index contributed by atoms with van der Waals surface area (Å²) < 4.78 is 1.82. The maximum absolute atomic E-state index is 5.60. The van der Waals surface area contributed by atoms with E-state index in [1.165, 1.54) is 0 Å². The first-order chi connectivity index (χ1) is 8.26. The summed E-state index contributed by atoms with van der Waals surface area (Å²) in [5, 5.41) is 4.40. The second kappa shape index (κ2) is 5.03. The van der Waals surface area contributed by atoms with Crippen molar-refractivity contribution in [3.8, 4) is 0 Å². The number of aryl methyl sites for hydroxylation is 2. The summed E-state index contributed by atoms with van der Waals surface area (Å²) in [6.07, 6.45) is 5.88. The van der Waals surface area contributed by atoms with Crippen molar-refractivity contribution >= 4 is 0 Å². The Morgan fingerprint density at radius 2 is 2.29 bits per heavy atom. The molecule has 90 valence electrons. The van der Waals surface area contributed by atoms with Gasteiger partial charge in [-0.2, -0.15) is 5.10 Å². The van der Waals surface area contributed by atoms with Gasteiger partial charge in [0.2, 0.25) is 0 Å². The van der Waals surface area contributed by atoms with Crippen molar-refractivity contribution in [3.05, 3.63) is 41.7 Å². The van der Waals surface area contributed by atoms with Gasteiger partial charge in [0.15, 0.2) is 0 Å². The van der Waals surface area contributed by atoms with E-state index in [-0.39, 0.29) is 6.04 Å². The summed E-state index contributed by atoms with van der Waals surface area (Å²) in [5.41, 5.74) is 5.54. The smallest absolute Gasteiger partial charge is 0.106 e. The van der Waals surface area contributed by atoms with Crippen LogP contribution >= 0.6 is 0 Å². The standard InChI is InChI=1S/C11H16N6/c1-3-8-6-10(17(2)16-8)11(15-12)9-7-13-4-5-14-9/h4-7,11,15H,3,12H2,1-2H3. The number of nitrogens with one attached hydrogen (secondary N) is 1. The molecule has 1 unspecified atom stereocenters. The number of nitrogens with zero attached hydrogens (tertiary/aromatic N) is 4. The van der Waals surface area contributed by atoms with Crippen molar-refractivity contribution in [2.75, 3.05) is 0 Å². The van der Waals surface area contributed by atoms with Gasteiger partial charge < -0.3 is 0 Å². The van der Waals surface area contributed by atoms with Crippen LogP contribution in [0.5, 0.6) is 0 Å². The Morgan fingerprint density at radius 3 is 2.82 bits per heavy atom. The highest BCUT2D eigenvalue weighted by Gasteiger charge is 2.18. The summed E-state index contributed by atoms with van der Waals surface area (Å²) in [7, 11) is 1.90. The van der Waals surface area contributed by atoms with Gasteiger partial charge in [0.25, 0.3) is 0 Å². The van der Waals surface area contributed by atoms with Crippen molar-refractivity contribution in [2.24, 2.45) is 12.9 Å². The number of nitrogens with two attached hydrogens (primary N) is 1. The molecule has 2 rings (SSSR count). The van der Waals surface area contributed by atoms with Crippen LogP contribution in [-0.4, -0.2) is 19.7 Å². The third-order valence-corrected chi connectivity index (χ3v) is 2.67. The summed E-state index contributed by atoms with van der Waals surface area (Å²) in [5.74, 6) is 5.60. The van der Waals surface area contributed by atoms with E-state index in [0.717, 1.165) is 23.5 Å². The lowest BCUT2D eigenvalue weighted by Crippen LogP contribution is -2.31. The molecule has 0 aliphatic rings. The third-order valence-electron chi connectivity index (χ3n) is 2.67. The molecule has 0 bridgehead atoms. The lowest BCUT2D eigenvalue weighted by molar-refractivity contribution is 0.561. The van der Waals surface area contributed by atoms with Crippen molar-refractivity contribution in [2.45, 2.75) is 19.4 Å². The molecule has 2 aromatic heterocycles. The van der Waals surface area contributed by atoms with Gasteiger partial charge >= 0.3 is 0 Å². The van der Waals surface area contributed by atoms with E-state index in [2.05, 4.69) is 27.4 Å². The molecule has 0 aromatic carbocycles. The Morgan fingerprint density at radius 1 is 1.47 bits per heavy atom. The Labute approximate surface area is 99.9 Å². The molecule has 6 heteroatoms. The van der Waals surface area contributed by atoms with Crippen LogP contribution in [-0.2, 0) is 13.5 Å². The van der Waals surface area contributed by atoms with Crippen molar-refractivity contribution in [3.63, 3.8) is 0 Å². The second-order valence-electron chi connectivity index (χ2n) is 3.77. The predicted octanol–water partition coefficient (Wildman–Crippen LogP) is 0.325. The van der Waals surface area contributed by atoms with E-state index in [4.69, 9.17) is 5.84 Å². The van der Waals surface area contributed by atoms with E-state index in [1.807, 2.05) is 17.8 Å². The summed E-state index contributed by atoms with van der Waals surface area (Å²) in [4.78, 5) is 8.30. The van der Waals surface area contributed by atoms with Crippen molar-refractivity contribution in [1.29, 1.82) is 0 Å². The maximum Gasteiger partial charge on any atom is 0.106 e. The highest BCUT2D eigenvalue weighted by atomic mass is 15.3. The van der Waals surface area contributed by atoms with Crippen LogP contribution in [0, 0.1) is 0 Å². The average Bonchev–Trinajstić information content (AvgIpc) is 2.73. The Bertz CT molecular complexity index is 478. The van der Waals surface area contributed by atoms with Gasteiger partial charge in [0.05, 0.1) is 23.3 Å². The number of rotatable bonds is 4. The minimum Gasteiger partial charge on any atom is -0.270 e. The molecular weight excluding hydrogens is 216 g/mol. The number of hydrazine groups is 1. The quantitative estimate of drug-likeness (QED) is 0.586. The highest BCUT2D eigenvalue weighted by Crippen LogP contribution is 2.19. The molecule has 0 saturated carbocycles. The number of aromatic nitrogens is 4. The van der Waals surface area contributed by atoms with Crippen LogP contribution in [0.3, 0.4) is 0 Å². The van der Waals surface area contributed by atoms with Gasteiger partial charge in [-0.05, 0) is 12.5 Å². The summed E-state index contributed by atoms with van der Waals surface area (Å²) in [6.45, 7) is 2.07. The lowest BCUT2D eigenvalue weighted by Gasteiger charge is -2.14. The minimum atomic E-state index is -0.193. The first-order valence-corrected chi connectivity index (χ1v) is 5.51. The Kier molecular flexibility index (Phi) is 3.46. The third kappa shape index (κ3) is 2.32. The van der Waals surface area contributed by atoms with Crippen LogP contribution in [0.25, 0.3) is 0 Å². The normalized spacial score (nSPS) is 12.6. The zero-order valence-corrected chi connectivity index (χ0v) is 9.96. The van der Waals surface area contributed by atoms with E-state index in [1.54, 1.807) is 18.6 Å². The van der Waals surface area contributed by atoms with Gasteiger partial charge in [0, 0.05) is 19.4 Å². The number of hydrogen-bond donors (Lipinski definition) is 2. The summed E-state index contributed by atoms with van der Waals surface area (Å²) >= 11 is 0. The molecule has 3 N–H and O–H groups in total. The van der Waals surface area contributed by atoms with Gasteiger partial charge in [-0.15, -0.1) is 0 Å². The van der Waals surface area contributed by atoms with Gasteiger partial charge in [-0.1, -0.05) is 6.92 Å². The fourth-order valence-electron chi connectivity index (χ4n) is 1.77. The maximum atomic E-state index is 5.60. The zero-order valence-electron chi connectivity index (χ0n) is 9.96. The lowest BCUT2D eigenvalue weighted by atomic mass is 10.1. The molecule has 2 heterocycles. The first-order valence-electron chi connectivity index (χ1n) is 5.51. The molecule has 0 fully saturated rings. The molecule has 2 aromatic rings. The number of hydrogen-bond acceptors (Lipinski definition) is 5. The van der Waals surface area contributed by atoms with Crippen LogP contribution in [0.15, 0.2) is 24.7 Å². The topological polar surface area (TPSA) is 81.6 Å². The molecule has 0 saturated heterocycles. The van der Waals surface area contributed by atoms with Crippen LogP contribution in [0.2, 0.25) is 0 Å². The highest BCUT2D eigenvalue weighted by molar-refractivity contribution is 5.22. The summed E-state index contributed by atoms with van der Waals surface area (Å²) in [6, 6.07) is 1.83. The fraction of sp³-hybridized carbons (Fsp3) is 0.364. The first kappa shape index (κ1) is 11.7. The average molecular weight is 232 g/mol. The zero-order chi connectivity index (χ0) is 12.3.